The Hall–Kier alpha value is -3.26. The van der Waals surface area contributed by atoms with Gasteiger partial charge in [-0.1, -0.05) is 26.0 Å². The lowest BCUT2D eigenvalue weighted by atomic mass is 10.2. The monoisotopic (exact) mass is 441 g/mol. The van der Waals surface area contributed by atoms with Crippen LogP contribution < -0.4 is 25.5 Å². The molecule has 172 valence electrons. The van der Waals surface area contributed by atoms with Gasteiger partial charge in [-0.15, -0.1) is 0 Å². The van der Waals surface area contributed by atoms with E-state index >= 15 is 0 Å². The number of hydrogen-bond donors (Lipinski definition) is 0. The molecule has 2 aromatic carbocycles. The Morgan fingerprint density at radius 2 is 1.47 bits per heavy atom. The maximum atomic E-state index is 13.5. The molecular formula is C24H31N3O5. The van der Waals surface area contributed by atoms with Crippen LogP contribution in [0.15, 0.2) is 46.0 Å². The van der Waals surface area contributed by atoms with E-state index in [0.29, 0.717) is 41.2 Å². The van der Waals surface area contributed by atoms with Gasteiger partial charge in [0.2, 0.25) is 0 Å². The molecule has 0 amide bonds. The summed E-state index contributed by atoms with van der Waals surface area (Å²) in [6.45, 7) is 7.24. The number of hydrogen-bond acceptors (Lipinski definition) is 6. The van der Waals surface area contributed by atoms with Gasteiger partial charge in [-0.25, -0.2) is 4.79 Å². The molecule has 0 N–H and O–H groups in total. The number of aromatic nitrogens is 2. The molecule has 0 saturated heterocycles. The zero-order chi connectivity index (χ0) is 23.3. The molecule has 0 unspecified atom stereocenters. The van der Waals surface area contributed by atoms with E-state index < -0.39 is 0 Å². The molecule has 0 fully saturated rings. The van der Waals surface area contributed by atoms with E-state index in [2.05, 4.69) is 18.7 Å². The van der Waals surface area contributed by atoms with Gasteiger partial charge in [0.05, 0.1) is 38.8 Å². The van der Waals surface area contributed by atoms with Crippen LogP contribution in [0.2, 0.25) is 0 Å². The molecule has 0 spiro atoms. The van der Waals surface area contributed by atoms with E-state index in [9.17, 15) is 9.59 Å². The van der Waals surface area contributed by atoms with Crippen molar-refractivity contribution in [1.82, 2.24) is 14.0 Å². The van der Waals surface area contributed by atoms with Crippen LogP contribution in [0.3, 0.4) is 0 Å². The fourth-order valence-corrected chi connectivity index (χ4v) is 3.79. The van der Waals surface area contributed by atoms with Gasteiger partial charge in [0, 0.05) is 19.2 Å². The van der Waals surface area contributed by atoms with Crippen molar-refractivity contribution in [1.29, 1.82) is 0 Å². The number of benzene rings is 2. The summed E-state index contributed by atoms with van der Waals surface area (Å²) >= 11 is 0. The van der Waals surface area contributed by atoms with E-state index in [4.69, 9.17) is 14.2 Å². The number of ether oxygens (including phenoxy) is 3. The maximum Gasteiger partial charge on any atom is 0.331 e. The number of fused-ring (bicyclic) bond motifs is 1. The first-order chi connectivity index (χ1) is 15.5. The van der Waals surface area contributed by atoms with Crippen LogP contribution in [0.5, 0.6) is 17.2 Å². The van der Waals surface area contributed by atoms with Crippen LogP contribution in [0.1, 0.15) is 19.4 Å². The van der Waals surface area contributed by atoms with Crippen molar-refractivity contribution in [3.05, 3.63) is 62.8 Å². The van der Waals surface area contributed by atoms with Gasteiger partial charge in [-0.3, -0.25) is 13.9 Å². The van der Waals surface area contributed by atoms with E-state index in [0.717, 1.165) is 18.7 Å². The Balaban J connectivity index is 2.19. The van der Waals surface area contributed by atoms with Crippen molar-refractivity contribution in [2.45, 2.75) is 26.9 Å². The lowest BCUT2D eigenvalue weighted by Gasteiger charge is -2.21. The summed E-state index contributed by atoms with van der Waals surface area (Å²) in [5.74, 6) is 1.64. The van der Waals surface area contributed by atoms with Gasteiger partial charge < -0.3 is 19.1 Å². The largest absolute Gasteiger partial charge is 0.497 e. The minimum atomic E-state index is -0.360. The molecule has 0 aliphatic carbocycles. The molecule has 1 heterocycles. The van der Waals surface area contributed by atoms with Crippen molar-refractivity contribution in [3.8, 4) is 17.2 Å². The normalized spacial score (nSPS) is 11.2. The van der Waals surface area contributed by atoms with Gasteiger partial charge in [-0.2, -0.15) is 0 Å². The quantitative estimate of drug-likeness (QED) is 0.481. The fourth-order valence-electron chi connectivity index (χ4n) is 3.79. The lowest BCUT2D eigenvalue weighted by Crippen LogP contribution is -2.42. The van der Waals surface area contributed by atoms with Crippen molar-refractivity contribution in [2.75, 3.05) is 41.0 Å². The summed E-state index contributed by atoms with van der Waals surface area (Å²) < 4.78 is 19.0. The standard InChI is InChI=1S/C24H31N3O5/c1-6-25(7-2)12-13-26-20-15-22(32-5)21(31-4)14-19(20)23(28)27(24(26)29)16-17-8-10-18(30-3)11-9-17/h8-11,14-15H,6-7,12-13,16H2,1-5H3. The van der Waals surface area contributed by atoms with Crippen molar-refractivity contribution in [2.24, 2.45) is 0 Å². The fraction of sp³-hybridized carbons (Fsp3) is 0.417. The molecule has 8 heteroatoms. The van der Waals surface area contributed by atoms with Gasteiger partial charge in [0.25, 0.3) is 5.56 Å². The third kappa shape index (κ3) is 4.65. The Bertz CT molecular complexity index is 1180. The molecule has 0 atom stereocenters. The third-order valence-electron chi connectivity index (χ3n) is 5.76. The highest BCUT2D eigenvalue weighted by Crippen LogP contribution is 2.30. The second-order valence-corrected chi connectivity index (χ2v) is 7.42. The Morgan fingerprint density at radius 3 is 2.03 bits per heavy atom. The first-order valence-electron chi connectivity index (χ1n) is 10.7. The average Bonchev–Trinajstić information content (AvgIpc) is 2.83. The topological polar surface area (TPSA) is 74.9 Å². The number of rotatable bonds is 10. The highest BCUT2D eigenvalue weighted by atomic mass is 16.5. The molecule has 32 heavy (non-hydrogen) atoms. The molecule has 3 aromatic rings. The summed E-state index contributed by atoms with van der Waals surface area (Å²) in [6, 6.07) is 10.7. The van der Waals surface area contributed by atoms with Crippen LogP contribution in [-0.2, 0) is 13.1 Å². The van der Waals surface area contributed by atoms with Crippen molar-refractivity contribution >= 4 is 10.9 Å². The number of methoxy groups -OCH3 is 3. The summed E-state index contributed by atoms with van der Waals surface area (Å²) in [4.78, 5) is 29.1. The van der Waals surface area contributed by atoms with Crippen molar-refractivity contribution < 1.29 is 14.2 Å². The number of likely N-dealkylation sites (N-methyl/N-ethyl adjacent to an activating group) is 1. The van der Waals surface area contributed by atoms with E-state index in [-0.39, 0.29) is 17.8 Å². The maximum absolute atomic E-state index is 13.5. The van der Waals surface area contributed by atoms with Crippen LogP contribution in [0.4, 0.5) is 0 Å². The molecule has 1 aromatic heterocycles. The summed E-state index contributed by atoms with van der Waals surface area (Å²) in [6.07, 6.45) is 0. The zero-order valence-corrected chi connectivity index (χ0v) is 19.4. The lowest BCUT2D eigenvalue weighted by molar-refractivity contribution is 0.289. The second kappa shape index (κ2) is 10.4. The zero-order valence-electron chi connectivity index (χ0n) is 19.4. The molecule has 8 nitrogen and oxygen atoms in total. The van der Waals surface area contributed by atoms with Crippen LogP contribution in [0, 0.1) is 0 Å². The molecule has 0 saturated carbocycles. The molecule has 0 radical (unpaired) electrons. The third-order valence-corrected chi connectivity index (χ3v) is 5.76. The van der Waals surface area contributed by atoms with Crippen molar-refractivity contribution in [3.63, 3.8) is 0 Å². The Labute approximate surface area is 187 Å². The highest BCUT2D eigenvalue weighted by Gasteiger charge is 2.18. The molecule has 3 rings (SSSR count). The molecular weight excluding hydrogens is 410 g/mol. The SMILES string of the molecule is CCN(CC)CCn1c(=O)n(Cc2ccc(OC)cc2)c(=O)c2cc(OC)c(OC)cc21. The van der Waals surface area contributed by atoms with E-state index in [1.54, 1.807) is 23.8 Å². The first kappa shape index (κ1) is 23.4. The molecule has 0 aliphatic rings. The van der Waals surface area contributed by atoms with Gasteiger partial charge in [-0.05, 0) is 36.9 Å². The Kier molecular flexibility index (Phi) is 7.58. The smallest absolute Gasteiger partial charge is 0.331 e. The predicted octanol–water partition coefficient (Wildman–Crippen LogP) is 2.58. The summed E-state index contributed by atoms with van der Waals surface area (Å²) in [5, 5.41) is 0.412. The van der Waals surface area contributed by atoms with E-state index in [1.165, 1.54) is 18.8 Å². The van der Waals surface area contributed by atoms with Crippen LogP contribution in [0.25, 0.3) is 10.9 Å². The Morgan fingerprint density at radius 1 is 0.844 bits per heavy atom. The highest BCUT2D eigenvalue weighted by molar-refractivity contribution is 5.82. The van der Waals surface area contributed by atoms with Crippen LogP contribution >= 0.6 is 0 Å². The molecule has 0 aliphatic heterocycles. The van der Waals surface area contributed by atoms with E-state index in [1.807, 2.05) is 24.3 Å². The predicted molar refractivity (Wildman–Crippen MR) is 125 cm³/mol. The van der Waals surface area contributed by atoms with Gasteiger partial charge in [0.15, 0.2) is 11.5 Å². The number of nitrogens with zero attached hydrogens (tertiary/aromatic N) is 3. The second-order valence-electron chi connectivity index (χ2n) is 7.42. The minimum Gasteiger partial charge on any atom is -0.497 e. The summed E-state index contributed by atoms with van der Waals surface area (Å²) in [5.41, 5.74) is 0.662. The van der Waals surface area contributed by atoms with Gasteiger partial charge in [0.1, 0.15) is 5.75 Å². The van der Waals surface area contributed by atoms with Crippen LogP contribution in [-0.4, -0.2) is 55.0 Å². The average molecular weight is 442 g/mol. The first-order valence-corrected chi connectivity index (χ1v) is 10.7. The van der Waals surface area contributed by atoms with Gasteiger partial charge >= 0.3 is 5.69 Å². The summed E-state index contributed by atoms with van der Waals surface area (Å²) in [7, 11) is 4.65. The minimum absolute atomic E-state index is 0.164. The molecule has 0 bridgehead atoms.